The lowest BCUT2D eigenvalue weighted by molar-refractivity contribution is -0.105. The standard InChI is InChI=1S/C20H27N3O5/c1-13(2)23-11-20(9-22(10-20)18(26)28-19(3,4)5)27-16-14(17(23)25)7-6-8-15(16)21-12-24/h6-8,12-13H,9-11H2,1-5H3,(H,21,24). The van der Waals surface area contributed by atoms with Crippen molar-refractivity contribution in [3.63, 3.8) is 0 Å². The Morgan fingerprint density at radius 2 is 1.96 bits per heavy atom. The van der Waals surface area contributed by atoms with Crippen molar-refractivity contribution < 1.29 is 23.9 Å². The third-order valence-corrected chi connectivity index (χ3v) is 4.73. The van der Waals surface area contributed by atoms with E-state index in [1.165, 1.54) is 0 Å². The average molecular weight is 389 g/mol. The van der Waals surface area contributed by atoms with Gasteiger partial charge >= 0.3 is 6.09 Å². The van der Waals surface area contributed by atoms with Crippen LogP contribution in [0.25, 0.3) is 0 Å². The largest absolute Gasteiger partial charge is 0.479 e. The molecule has 0 aromatic heterocycles. The number of hydrogen-bond donors (Lipinski definition) is 1. The molecule has 8 heteroatoms. The van der Waals surface area contributed by atoms with Crippen LogP contribution in [0.15, 0.2) is 18.2 Å². The molecule has 152 valence electrons. The van der Waals surface area contributed by atoms with Crippen LogP contribution in [0.1, 0.15) is 45.0 Å². The van der Waals surface area contributed by atoms with E-state index < -0.39 is 17.3 Å². The molecule has 0 radical (unpaired) electrons. The molecule has 8 nitrogen and oxygen atoms in total. The quantitative estimate of drug-likeness (QED) is 0.803. The number of hydrogen-bond acceptors (Lipinski definition) is 5. The van der Waals surface area contributed by atoms with E-state index in [9.17, 15) is 14.4 Å². The SMILES string of the molecule is CC(C)N1CC2(CN(C(=O)OC(C)(C)C)C2)Oc2c(NC=O)cccc2C1=O. The molecule has 1 N–H and O–H groups in total. The molecule has 0 saturated carbocycles. The van der Waals surface area contributed by atoms with Crippen LogP contribution >= 0.6 is 0 Å². The van der Waals surface area contributed by atoms with Gasteiger partial charge in [-0.25, -0.2) is 4.79 Å². The zero-order chi connectivity index (χ0) is 20.7. The maximum atomic E-state index is 13.1. The summed E-state index contributed by atoms with van der Waals surface area (Å²) in [6.07, 6.45) is 0.141. The molecule has 0 unspecified atom stereocenters. The number of anilines is 1. The number of nitrogens with one attached hydrogen (secondary N) is 1. The Balaban J connectivity index is 1.91. The lowest BCUT2D eigenvalue weighted by Gasteiger charge is -2.50. The molecular weight excluding hydrogens is 362 g/mol. The first-order chi connectivity index (χ1) is 13.1. The number of carbonyl (C=O) groups excluding carboxylic acids is 3. The van der Waals surface area contributed by atoms with Crippen molar-refractivity contribution >= 4 is 24.1 Å². The van der Waals surface area contributed by atoms with E-state index in [0.29, 0.717) is 43.0 Å². The van der Waals surface area contributed by atoms with Crippen LogP contribution in [0.3, 0.4) is 0 Å². The Bertz CT molecular complexity index is 794. The first kappa shape index (κ1) is 20.0. The minimum absolute atomic E-state index is 0.0443. The zero-order valence-corrected chi connectivity index (χ0v) is 16.9. The summed E-state index contributed by atoms with van der Waals surface area (Å²) in [5, 5.41) is 2.60. The van der Waals surface area contributed by atoms with Crippen molar-refractivity contribution in [1.29, 1.82) is 0 Å². The van der Waals surface area contributed by atoms with Crippen molar-refractivity contribution in [2.75, 3.05) is 25.0 Å². The van der Waals surface area contributed by atoms with Gasteiger partial charge in [0, 0.05) is 6.04 Å². The molecule has 1 aromatic carbocycles. The van der Waals surface area contributed by atoms with Crippen LogP contribution in [0.2, 0.25) is 0 Å². The number of likely N-dealkylation sites (tertiary alicyclic amines) is 1. The van der Waals surface area contributed by atoms with Gasteiger partial charge < -0.3 is 19.7 Å². The minimum atomic E-state index is -0.747. The Morgan fingerprint density at radius 1 is 1.29 bits per heavy atom. The number of ether oxygens (including phenoxy) is 2. The van der Waals surface area contributed by atoms with E-state index in [2.05, 4.69) is 5.32 Å². The molecule has 1 fully saturated rings. The fourth-order valence-corrected chi connectivity index (χ4v) is 3.46. The Morgan fingerprint density at radius 3 is 2.54 bits per heavy atom. The van der Waals surface area contributed by atoms with E-state index in [0.717, 1.165) is 0 Å². The summed E-state index contributed by atoms with van der Waals surface area (Å²) < 4.78 is 11.7. The highest BCUT2D eigenvalue weighted by Gasteiger charge is 2.53. The second-order valence-electron chi connectivity index (χ2n) is 8.59. The maximum absolute atomic E-state index is 13.1. The van der Waals surface area contributed by atoms with E-state index in [1.807, 2.05) is 34.6 Å². The molecule has 3 amide bonds. The summed E-state index contributed by atoms with van der Waals surface area (Å²) in [6, 6.07) is 5.03. The molecule has 28 heavy (non-hydrogen) atoms. The average Bonchev–Trinajstić information content (AvgIpc) is 2.68. The summed E-state index contributed by atoms with van der Waals surface area (Å²) in [5.74, 6) is 0.179. The number of amides is 3. The van der Waals surface area contributed by atoms with Crippen LogP contribution in [0, 0.1) is 0 Å². The number of benzene rings is 1. The summed E-state index contributed by atoms with van der Waals surface area (Å²) in [7, 11) is 0. The summed E-state index contributed by atoms with van der Waals surface area (Å²) in [5.41, 5.74) is -0.504. The predicted octanol–water partition coefficient (Wildman–Crippen LogP) is 2.49. The molecular formula is C20H27N3O5. The molecule has 2 aliphatic rings. The number of carbonyl (C=O) groups is 3. The van der Waals surface area contributed by atoms with Gasteiger partial charge in [0.1, 0.15) is 5.60 Å². The molecule has 1 aromatic rings. The summed E-state index contributed by atoms with van der Waals surface area (Å²) in [6.45, 7) is 10.3. The maximum Gasteiger partial charge on any atom is 0.410 e. The van der Waals surface area contributed by atoms with E-state index >= 15 is 0 Å². The van der Waals surface area contributed by atoms with Crippen LogP contribution < -0.4 is 10.1 Å². The van der Waals surface area contributed by atoms with Gasteiger partial charge in [0.25, 0.3) is 5.91 Å². The molecule has 0 aliphatic carbocycles. The Labute approximate surface area is 164 Å². The summed E-state index contributed by atoms with van der Waals surface area (Å²) >= 11 is 0. The van der Waals surface area contributed by atoms with Crippen molar-refractivity contribution in [2.45, 2.75) is 51.9 Å². The van der Waals surface area contributed by atoms with Gasteiger partial charge in [-0.3, -0.25) is 14.5 Å². The fourth-order valence-electron chi connectivity index (χ4n) is 3.46. The minimum Gasteiger partial charge on any atom is -0.479 e. The number of para-hydroxylation sites is 1. The molecule has 2 heterocycles. The summed E-state index contributed by atoms with van der Waals surface area (Å²) in [4.78, 5) is 39.7. The Kier molecular flexibility index (Phi) is 4.99. The van der Waals surface area contributed by atoms with Gasteiger partial charge in [-0.05, 0) is 46.8 Å². The van der Waals surface area contributed by atoms with Crippen LogP contribution in [-0.4, -0.2) is 65.1 Å². The van der Waals surface area contributed by atoms with Crippen molar-refractivity contribution in [3.05, 3.63) is 23.8 Å². The molecule has 1 spiro atoms. The third kappa shape index (κ3) is 3.76. The van der Waals surface area contributed by atoms with Crippen LogP contribution in [0.5, 0.6) is 5.75 Å². The van der Waals surface area contributed by atoms with E-state index in [4.69, 9.17) is 9.47 Å². The van der Waals surface area contributed by atoms with Crippen LogP contribution in [0.4, 0.5) is 10.5 Å². The number of fused-ring (bicyclic) bond motifs is 1. The molecule has 0 bridgehead atoms. The predicted molar refractivity (Wildman–Crippen MR) is 103 cm³/mol. The molecule has 0 atom stereocenters. The zero-order valence-electron chi connectivity index (χ0n) is 16.9. The van der Waals surface area contributed by atoms with Gasteiger partial charge in [-0.1, -0.05) is 6.07 Å². The fraction of sp³-hybridized carbons (Fsp3) is 0.550. The highest BCUT2D eigenvalue weighted by molar-refractivity contribution is 6.00. The lowest BCUT2D eigenvalue weighted by atomic mass is 9.93. The van der Waals surface area contributed by atoms with Gasteiger partial charge in [0.2, 0.25) is 6.41 Å². The van der Waals surface area contributed by atoms with Gasteiger partial charge in [-0.15, -0.1) is 0 Å². The number of rotatable bonds is 3. The second-order valence-corrected chi connectivity index (χ2v) is 8.59. The third-order valence-electron chi connectivity index (χ3n) is 4.73. The first-order valence-corrected chi connectivity index (χ1v) is 9.36. The number of nitrogens with zero attached hydrogens (tertiary/aromatic N) is 2. The highest BCUT2D eigenvalue weighted by Crippen LogP contribution is 2.40. The monoisotopic (exact) mass is 389 g/mol. The normalized spacial score (nSPS) is 18.1. The lowest BCUT2D eigenvalue weighted by Crippen LogP contribution is -2.70. The van der Waals surface area contributed by atoms with Gasteiger partial charge in [0.15, 0.2) is 11.4 Å². The second kappa shape index (κ2) is 7.00. The van der Waals surface area contributed by atoms with Crippen molar-refractivity contribution in [2.24, 2.45) is 0 Å². The van der Waals surface area contributed by atoms with Crippen molar-refractivity contribution in [1.82, 2.24) is 9.80 Å². The van der Waals surface area contributed by atoms with Crippen molar-refractivity contribution in [3.8, 4) is 5.75 Å². The first-order valence-electron chi connectivity index (χ1n) is 9.36. The van der Waals surface area contributed by atoms with E-state index in [1.54, 1.807) is 28.0 Å². The highest BCUT2D eigenvalue weighted by atomic mass is 16.6. The van der Waals surface area contributed by atoms with Gasteiger partial charge in [-0.2, -0.15) is 0 Å². The molecule has 3 rings (SSSR count). The smallest absolute Gasteiger partial charge is 0.410 e. The van der Waals surface area contributed by atoms with E-state index in [-0.39, 0.29) is 11.9 Å². The van der Waals surface area contributed by atoms with Gasteiger partial charge in [0.05, 0.1) is 30.9 Å². The molecule has 2 aliphatic heterocycles. The topological polar surface area (TPSA) is 88.2 Å². The Hall–Kier alpha value is -2.77. The van der Waals surface area contributed by atoms with Crippen LogP contribution in [-0.2, 0) is 9.53 Å². The molecule has 1 saturated heterocycles.